The van der Waals surface area contributed by atoms with E-state index < -0.39 is 29.4 Å². The molecular formula is C9H12O6. The summed E-state index contributed by atoms with van der Waals surface area (Å²) in [4.78, 5) is 32.6. The van der Waals surface area contributed by atoms with Crippen molar-refractivity contribution in [2.45, 2.75) is 32.0 Å². The van der Waals surface area contributed by atoms with E-state index >= 15 is 0 Å². The Morgan fingerprint density at radius 3 is 2.60 bits per heavy atom. The molecule has 1 rings (SSSR count). The Morgan fingerprint density at radius 2 is 2.20 bits per heavy atom. The average Bonchev–Trinajstić information content (AvgIpc) is 2.41. The van der Waals surface area contributed by atoms with Crippen molar-refractivity contribution in [2.24, 2.45) is 0 Å². The van der Waals surface area contributed by atoms with Crippen molar-refractivity contribution in [3.63, 3.8) is 0 Å². The third-order valence-electron chi connectivity index (χ3n) is 2.19. The number of carbonyl (C=O) groups is 3. The molecule has 0 amide bonds. The molecule has 84 valence electrons. The molecule has 1 N–H and O–H groups in total. The van der Waals surface area contributed by atoms with Gasteiger partial charge in [-0.15, -0.1) is 0 Å². The summed E-state index contributed by atoms with van der Waals surface area (Å²) in [6, 6.07) is 0. The molecule has 6 nitrogen and oxygen atoms in total. The highest BCUT2D eigenvalue weighted by Gasteiger charge is 2.51. The van der Waals surface area contributed by atoms with E-state index in [4.69, 9.17) is 4.74 Å². The first-order valence-corrected chi connectivity index (χ1v) is 4.44. The molecule has 0 saturated carbocycles. The lowest BCUT2D eigenvalue weighted by molar-refractivity contribution is -0.161. The zero-order valence-corrected chi connectivity index (χ0v) is 8.48. The number of esters is 2. The number of cyclic esters (lactones) is 1. The van der Waals surface area contributed by atoms with Crippen molar-refractivity contribution in [3.05, 3.63) is 0 Å². The van der Waals surface area contributed by atoms with Gasteiger partial charge >= 0.3 is 11.9 Å². The molecule has 0 aliphatic carbocycles. The van der Waals surface area contributed by atoms with Gasteiger partial charge in [0, 0.05) is 13.3 Å². The Morgan fingerprint density at radius 1 is 1.60 bits per heavy atom. The van der Waals surface area contributed by atoms with Gasteiger partial charge in [-0.1, -0.05) is 0 Å². The second-order valence-corrected chi connectivity index (χ2v) is 3.45. The summed E-state index contributed by atoms with van der Waals surface area (Å²) < 4.78 is 9.31. The van der Waals surface area contributed by atoms with Crippen LogP contribution in [0.2, 0.25) is 0 Å². The average molecular weight is 216 g/mol. The van der Waals surface area contributed by atoms with Crippen LogP contribution in [-0.2, 0) is 23.9 Å². The van der Waals surface area contributed by atoms with Crippen LogP contribution in [0.5, 0.6) is 0 Å². The molecule has 0 radical (unpaired) electrons. The van der Waals surface area contributed by atoms with Gasteiger partial charge in [0.2, 0.25) is 5.60 Å². The molecule has 6 heteroatoms. The summed E-state index contributed by atoms with van der Waals surface area (Å²) in [5.74, 6) is -2.16. The van der Waals surface area contributed by atoms with Crippen molar-refractivity contribution >= 4 is 17.7 Å². The topological polar surface area (TPSA) is 89.9 Å². The van der Waals surface area contributed by atoms with Crippen LogP contribution in [0.4, 0.5) is 0 Å². The Hall–Kier alpha value is -1.43. The zero-order valence-electron chi connectivity index (χ0n) is 8.48. The van der Waals surface area contributed by atoms with Crippen LogP contribution in [0.25, 0.3) is 0 Å². The van der Waals surface area contributed by atoms with Crippen LogP contribution in [-0.4, -0.2) is 41.1 Å². The number of rotatable bonds is 3. The van der Waals surface area contributed by atoms with E-state index in [2.05, 4.69) is 4.74 Å². The number of hydrogen-bond acceptors (Lipinski definition) is 6. The van der Waals surface area contributed by atoms with Crippen LogP contribution in [0.3, 0.4) is 0 Å². The maximum Gasteiger partial charge on any atom is 0.346 e. The summed E-state index contributed by atoms with van der Waals surface area (Å²) in [7, 11) is 0. The second-order valence-electron chi connectivity index (χ2n) is 3.45. The van der Waals surface area contributed by atoms with E-state index in [9.17, 15) is 19.5 Å². The third kappa shape index (κ3) is 2.33. The minimum atomic E-state index is -2.08. The highest BCUT2D eigenvalue weighted by molar-refractivity contribution is 6.07. The van der Waals surface area contributed by atoms with Crippen LogP contribution in [0.15, 0.2) is 0 Å². The molecule has 0 aromatic carbocycles. The van der Waals surface area contributed by atoms with Gasteiger partial charge in [0.05, 0.1) is 0 Å². The predicted octanol–water partition coefficient (Wildman–Crippen LogP) is -0.815. The third-order valence-corrected chi connectivity index (χ3v) is 2.19. The Kier molecular flexibility index (Phi) is 3.09. The summed E-state index contributed by atoms with van der Waals surface area (Å²) in [5.41, 5.74) is -2.08. The molecule has 0 spiro atoms. The molecule has 15 heavy (non-hydrogen) atoms. The van der Waals surface area contributed by atoms with Gasteiger partial charge in [-0.3, -0.25) is 9.59 Å². The fraction of sp³-hybridized carbons (Fsp3) is 0.667. The second kappa shape index (κ2) is 3.98. The minimum Gasteiger partial charge on any atom is -0.462 e. The van der Waals surface area contributed by atoms with Crippen molar-refractivity contribution < 1.29 is 29.0 Å². The molecule has 0 bridgehead atoms. The van der Waals surface area contributed by atoms with Gasteiger partial charge in [-0.25, -0.2) is 4.79 Å². The maximum atomic E-state index is 11.2. The summed E-state index contributed by atoms with van der Waals surface area (Å²) >= 11 is 0. The lowest BCUT2D eigenvalue weighted by Crippen LogP contribution is -2.41. The largest absolute Gasteiger partial charge is 0.462 e. The van der Waals surface area contributed by atoms with Crippen LogP contribution < -0.4 is 0 Å². The highest BCUT2D eigenvalue weighted by atomic mass is 16.6. The summed E-state index contributed by atoms with van der Waals surface area (Å²) in [5, 5.41) is 9.61. The van der Waals surface area contributed by atoms with Gasteiger partial charge in [0.25, 0.3) is 0 Å². The molecule has 0 aromatic heterocycles. The molecule has 0 aromatic rings. The molecule has 1 aliphatic heterocycles. The smallest absolute Gasteiger partial charge is 0.346 e. The van der Waals surface area contributed by atoms with Gasteiger partial charge < -0.3 is 14.6 Å². The lowest BCUT2D eigenvalue weighted by Gasteiger charge is -2.12. The SMILES string of the molecule is CC(=O)OC[C@@H]1C[C@](O)(C(C)=O)C(=O)O1. The van der Waals surface area contributed by atoms with E-state index in [-0.39, 0.29) is 13.0 Å². The van der Waals surface area contributed by atoms with E-state index in [1.165, 1.54) is 6.92 Å². The molecular weight excluding hydrogens is 204 g/mol. The van der Waals surface area contributed by atoms with E-state index in [1.54, 1.807) is 0 Å². The monoisotopic (exact) mass is 216 g/mol. The molecule has 1 aliphatic rings. The number of carbonyl (C=O) groups excluding carboxylic acids is 3. The Bertz CT molecular complexity index is 310. The first-order valence-electron chi connectivity index (χ1n) is 4.44. The summed E-state index contributed by atoms with van der Waals surface area (Å²) in [6.07, 6.45) is -0.927. The molecule has 2 atom stereocenters. The molecule has 1 heterocycles. The number of aliphatic hydroxyl groups is 1. The van der Waals surface area contributed by atoms with Gasteiger partial charge in [0.1, 0.15) is 12.7 Å². The van der Waals surface area contributed by atoms with Crippen LogP contribution in [0.1, 0.15) is 20.3 Å². The van der Waals surface area contributed by atoms with Gasteiger partial charge in [-0.05, 0) is 6.92 Å². The van der Waals surface area contributed by atoms with E-state index in [0.29, 0.717) is 0 Å². The van der Waals surface area contributed by atoms with Crippen molar-refractivity contribution in [1.29, 1.82) is 0 Å². The maximum absolute atomic E-state index is 11.2. The fourth-order valence-corrected chi connectivity index (χ4v) is 1.29. The quantitative estimate of drug-likeness (QED) is 0.490. The predicted molar refractivity (Wildman–Crippen MR) is 46.8 cm³/mol. The summed E-state index contributed by atoms with van der Waals surface area (Å²) in [6.45, 7) is 2.18. The van der Waals surface area contributed by atoms with Crippen molar-refractivity contribution in [1.82, 2.24) is 0 Å². The fourth-order valence-electron chi connectivity index (χ4n) is 1.29. The van der Waals surface area contributed by atoms with Gasteiger partial charge in [0.15, 0.2) is 5.78 Å². The first-order chi connectivity index (χ1) is 6.86. The molecule has 1 fully saturated rings. The minimum absolute atomic E-state index is 0.142. The van der Waals surface area contributed by atoms with Crippen LogP contribution in [0, 0.1) is 0 Å². The van der Waals surface area contributed by atoms with Crippen molar-refractivity contribution in [2.75, 3.05) is 6.61 Å². The van der Waals surface area contributed by atoms with Crippen LogP contribution >= 0.6 is 0 Å². The Balaban J connectivity index is 2.60. The highest BCUT2D eigenvalue weighted by Crippen LogP contribution is 2.26. The van der Waals surface area contributed by atoms with Gasteiger partial charge in [-0.2, -0.15) is 0 Å². The number of Topliss-reactive ketones (excluding diaryl/α,β-unsaturated/α-hetero) is 1. The standard InChI is InChI=1S/C9H12O6/c1-5(10)9(13)3-7(15-8(9)12)4-14-6(2)11/h7,13H,3-4H2,1-2H3/t7-,9-/m0/s1. The van der Waals surface area contributed by atoms with Crippen molar-refractivity contribution in [3.8, 4) is 0 Å². The zero-order chi connectivity index (χ0) is 11.6. The lowest BCUT2D eigenvalue weighted by atomic mass is 9.95. The molecule has 0 unspecified atom stereocenters. The van der Waals surface area contributed by atoms with E-state index in [0.717, 1.165) is 6.92 Å². The number of ketones is 1. The normalized spacial score (nSPS) is 29.8. The Labute approximate surface area is 86.2 Å². The van der Waals surface area contributed by atoms with E-state index in [1.807, 2.05) is 0 Å². The first kappa shape index (κ1) is 11.6. The number of ether oxygens (including phenoxy) is 2. The molecule has 1 saturated heterocycles. The number of hydrogen-bond donors (Lipinski definition) is 1.